The summed E-state index contributed by atoms with van der Waals surface area (Å²) in [7, 11) is 1.62. The van der Waals surface area contributed by atoms with Gasteiger partial charge in [-0.2, -0.15) is 13.9 Å². The molecular formula is C22H20Cl2F2N10. The number of halogens is 4. The molecule has 0 saturated carbocycles. The summed E-state index contributed by atoms with van der Waals surface area (Å²) in [5.74, 6) is 0.813. The Bertz CT molecular complexity index is 1500. The maximum atomic E-state index is 15.3. The van der Waals surface area contributed by atoms with Gasteiger partial charge in [0.1, 0.15) is 11.7 Å². The molecule has 0 bridgehead atoms. The SMILES string of the molecule is CN=C(C=CN)Nc1cc(-c2cc3n(c2)C[C@H](C)n2c-3nnc2C(F)(F)n2cc(Cl)cn2)c(Cl)cn1. The summed E-state index contributed by atoms with van der Waals surface area (Å²) in [6, 6.07) is -0.297. The largest absolute Gasteiger partial charge is 0.404 e. The van der Waals surface area contributed by atoms with E-state index in [9.17, 15) is 0 Å². The zero-order valence-corrected chi connectivity index (χ0v) is 20.6. The number of fused-ring (bicyclic) bond motifs is 3. The molecule has 0 fully saturated rings. The number of aromatic nitrogens is 7. The summed E-state index contributed by atoms with van der Waals surface area (Å²) in [6.45, 7) is 2.24. The highest BCUT2D eigenvalue weighted by Gasteiger charge is 2.44. The van der Waals surface area contributed by atoms with Crippen molar-refractivity contribution in [3.63, 3.8) is 0 Å². The summed E-state index contributed by atoms with van der Waals surface area (Å²) in [5.41, 5.74) is 7.54. The van der Waals surface area contributed by atoms with Crippen LogP contribution < -0.4 is 11.1 Å². The molecular weight excluding hydrogens is 513 g/mol. The summed E-state index contributed by atoms with van der Waals surface area (Å²) in [5, 5.41) is 15.2. The van der Waals surface area contributed by atoms with Gasteiger partial charge in [0, 0.05) is 37.1 Å². The lowest BCUT2D eigenvalue weighted by Gasteiger charge is -2.27. The molecule has 0 unspecified atom stereocenters. The van der Waals surface area contributed by atoms with E-state index in [0.717, 1.165) is 18.0 Å². The molecule has 0 aliphatic carbocycles. The topological polar surface area (TPSA) is 117 Å². The Morgan fingerprint density at radius 1 is 1.25 bits per heavy atom. The van der Waals surface area contributed by atoms with Gasteiger partial charge < -0.3 is 15.6 Å². The van der Waals surface area contributed by atoms with Crippen molar-refractivity contribution in [2.45, 2.75) is 25.6 Å². The molecule has 1 aliphatic rings. The van der Waals surface area contributed by atoms with E-state index in [2.05, 4.69) is 30.6 Å². The highest BCUT2D eigenvalue weighted by Crippen LogP contribution is 2.40. The minimum atomic E-state index is -3.55. The van der Waals surface area contributed by atoms with Crippen LogP contribution >= 0.6 is 23.2 Å². The van der Waals surface area contributed by atoms with Gasteiger partial charge in [0.15, 0.2) is 5.82 Å². The Morgan fingerprint density at radius 2 is 2.06 bits per heavy atom. The third-order valence-electron chi connectivity index (χ3n) is 5.75. The van der Waals surface area contributed by atoms with Crippen molar-refractivity contribution in [3.8, 4) is 22.6 Å². The first-order valence-electron chi connectivity index (χ1n) is 10.7. The monoisotopic (exact) mass is 532 g/mol. The Hall–Kier alpha value is -3.77. The summed E-state index contributed by atoms with van der Waals surface area (Å²) < 4.78 is 34.4. The Morgan fingerprint density at radius 3 is 2.75 bits per heavy atom. The van der Waals surface area contributed by atoms with Crippen molar-refractivity contribution in [1.29, 1.82) is 0 Å². The number of anilines is 1. The molecule has 0 spiro atoms. The molecule has 4 aromatic heterocycles. The average molecular weight is 533 g/mol. The smallest absolute Gasteiger partial charge is 0.404 e. The second kappa shape index (κ2) is 9.03. The first-order chi connectivity index (χ1) is 17.2. The molecule has 0 radical (unpaired) electrons. The van der Waals surface area contributed by atoms with Gasteiger partial charge >= 0.3 is 6.05 Å². The fraction of sp³-hybridized carbons (Fsp3) is 0.227. The number of amidine groups is 1. The quantitative estimate of drug-likeness (QED) is 0.290. The van der Waals surface area contributed by atoms with Gasteiger partial charge in [0.05, 0.1) is 34.2 Å². The Kier molecular flexibility index (Phi) is 6.00. The van der Waals surface area contributed by atoms with Crippen LogP contribution in [-0.4, -0.2) is 47.0 Å². The number of nitrogens with one attached hydrogen (secondary N) is 1. The molecule has 186 valence electrons. The molecule has 10 nitrogen and oxygen atoms in total. The van der Waals surface area contributed by atoms with Crippen LogP contribution in [0.1, 0.15) is 18.8 Å². The number of nitrogens with zero attached hydrogens (tertiary/aromatic N) is 8. The predicted molar refractivity (Wildman–Crippen MR) is 133 cm³/mol. The van der Waals surface area contributed by atoms with E-state index in [1.807, 2.05) is 23.8 Å². The van der Waals surface area contributed by atoms with Gasteiger partial charge in [-0.1, -0.05) is 23.2 Å². The maximum Gasteiger partial charge on any atom is 0.404 e. The fourth-order valence-corrected chi connectivity index (χ4v) is 4.48. The normalized spacial score (nSPS) is 15.8. The number of nitrogens with two attached hydrogens (primary N) is 1. The molecule has 36 heavy (non-hydrogen) atoms. The van der Waals surface area contributed by atoms with Gasteiger partial charge in [-0.05, 0) is 31.3 Å². The minimum Gasteiger partial charge on any atom is -0.404 e. The molecule has 3 N–H and O–H groups in total. The van der Waals surface area contributed by atoms with Crippen LogP contribution in [0.3, 0.4) is 0 Å². The summed E-state index contributed by atoms with van der Waals surface area (Å²) >= 11 is 12.3. The number of alkyl halides is 2. The number of hydrogen-bond acceptors (Lipinski definition) is 6. The van der Waals surface area contributed by atoms with Crippen LogP contribution in [0.2, 0.25) is 10.0 Å². The molecule has 0 amide bonds. The van der Waals surface area contributed by atoms with Crippen molar-refractivity contribution in [2.24, 2.45) is 10.7 Å². The average Bonchev–Trinajstić information content (AvgIpc) is 3.58. The van der Waals surface area contributed by atoms with Gasteiger partial charge in [-0.15, -0.1) is 10.2 Å². The molecule has 5 heterocycles. The molecule has 1 aliphatic heterocycles. The van der Waals surface area contributed by atoms with E-state index in [1.54, 1.807) is 19.2 Å². The minimum absolute atomic E-state index is 0.0964. The summed E-state index contributed by atoms with van der Waals surface area (Å²) in [6.07, 6.45) is 8.58. The van der Waals surface area contributed by atoms with E-state index >= 15 is 8.78 Å². The van der Waals surface area contributed by atoms with Gasteiger partial charge in [0.25, 0.3) is 0 Å². The Labute approximate surface area is 214 Å². The zero-order chi connectivity index (χ0) is 25.6. The lowest BCUT2D eigenvalue weighted by atomic mass is 10.1. The fourth-order valence-electron chi connectivity index (χ4n) is 4.13. The van der Waals surface area contributed by atoms with Crippen molar-refractivity contribution in [2.75, 3.05) is 12.4 Å². The number of hydrogen-bond donors (Lipinski definition) is 2. The van der Waals surface area contributed by atoms with E-state index < -0.39 is 11.9 Å². The molecule has 0 saturated heterocycles. The second-order valence-electron chi connectivity index (χ2n) is 8.12. The number of aliphatic imine (C=N–C) groups is 1. The third-order valence-corrected chi connectivity index (χ3v) is 6.24. The van der Waals surface area contributed by atoms with Crippen LogP contribution in [0, 0.1) is 0 Å². The van der Waals surface area contributed by atoms with Crippen molar-refractivity contribution >= 4 is 34.9 Å². The van der Waals surface area contributed by atoms with Gasteiger partial charge in [0.2, 0.25) is 5.82 Å². The number of rotatable bonds is 5. The predicted octanol–water partition coefficient (Wildman–Crippen LogP) is 4.40. The van der Waals surface area contributed by atoms with Crippen LogP contribution in [0.4, 0.5) is 14.6 Å². The summed E-state index contributed by atoms with van der Waals surface area (Å²) in [4.78, 5) is 8.39. The van der Waals surface area contributed by atoms with E-state index in [1.165, 1.54) is 17.0 Å². The van der Waals surface area contributed by atoms with Crippen molar-refractivity contribution in [1.82, 2.24) is 34.1 Å². The standard InChI is InChI=1S/C22H20Cl2F2N10/c1-12-9-34-10-13(15-6-19(29-8-16(15)24)31-18(28-2)3-4-27)5-17(34)20-32-33-21(36(12)20)22(25,26)35-11-14(23)7-30-35/h3-8,10-12H,9,27H2,1-2H3,(H,28,29,31)/t12-/m0/s1. The highest BCUT2D eigenvalue weighted by atomic mass is 35.5. The molecule has 5 rings (SSSR count). The lowest BCUT2D eigenvalue weighted by molar-refractivity contribution is -0.0610. The zero-order valence-electron chi connectivity index (χ0n) is 19.1. The van der Waals surface area contributed by atoms with Crippen LogP contribution in [-0.2, 0) is 12.6 Å². The van der Waals surface area contributed by atoms with Crippen molar-refractivity contribution in [3.05, 3.63) is 65.1 Å². The van der Waals surface area contributed by atoms with Crippen LogP contribution in [0.5, 0.6) is 0 Å². The molecule has 14 heteroatoms. The van der Waals surface area contributed by atoms with E-state index in [-0.39, 0.29) is 11.1 Å². The molecule has 0 aromatic carbocycles. The molecule has 4 aromatic rings. The van der Waals surface area contributed by atoms with E-state index in [4.69, 9.17) is 28.9 Å². The van der Waals surface area contributed by atoms with Gasteiger partial charge in [-0.3, -0.25) is 9.56 Å². The first-order valence-corrected chi connectivity index (χ1v) is 11.5. The highest BCUT2D eigenvalue weighted by molar-refractivity contribution is 6.33. The number of pyridine rings is 1. The molecule has 1 atom stereocenters. The van der Waals surface area contributed by atoms with Crippen LogP contribution in [0.25, 0.3) is 22.6 Å². The lowest BCUT2D eigenvalue weighted by Crippen LogP contribution is -2.32. The maximum absolute atomic E-state index is 15.3. The Balaban J connectivity index is 1.55. The van der Waals surface area contributed by atoms with Crippen LogP contribution in [0.15, 0.2) is 54.2 Å². The van der Waals surface area contributed by atoms with E-state index in [0.29, 0.717) is 45.0 Å². The van der Waals surface area contributed by atoms with Gasteiger partial charge in [-0.25, -0.2) is 9.67 Å². The first kappa shape index (κ1) is 23.9. The second-order valence-corrected chi connectivity index (χ2v) is 8.96. The third kappa shape index (κ3) is 4.01. The van der Waals surface area contributed by atoms with Crippen molar-refractivity contribution < 1.29 is 8.78 Å².